The topological polar surface area (TPSA) is 64.9 Å². The summed E-state index contributed by atoms with van der Waals surface area (Å²) in [4.78, 5) is 10.1. The summed E-state index contributed by atoms with van der Waals surface area (Å²) in [5, 5.41) is 8.29. The van der Waals surface area contributed by atoms with Gasteiger partial charge in [-0.05, 0) is 0 Å². The fourth-order valence-electron chi connectivity index (χ4n) is 0.430. The van der Waals surface area contributed by atoms with E-state index in [1.165, 1.54) is 0 Å². The highest BCUT2D eigenvalue weighted by atomic mass is 35.5. The number of hydrogen-bond acceptors (Lipinski definition) is 1. The Bertz CT molecular complexity index is 87.0. The van der Waals surface area contributed by atoms with Crippen LogP contribution in [0.2, 0.25) is 0 Å². The lowest BCUT2D eigenvalue weighted by atomic mass is 10.1. The molecule has 0 spiro atoms. The molecule has 0 aliphatic rings. The van der Waals surface area contributed by atoms with Gasteiger partial charge in [0.1, 0.15) is 0 Å². The summed E-state index contributed by atoms with van der Waals surface area (Å²) < 4.78 is 0. The fraction of sp³-hybridized carbons (Fsp3) is 0.800. The largest absolute Gasteiger partial charge is 1.00 e. The number of carboxylic acids is 1. The van der Waals surface area contributed by atoms with Gasteiger partial charge >= 0.3 is 5.97 Å². The molecule has 0 radical (unpaired) electrons. The third-order valence-electron chi connectivity index (χ3n) is 1.06. The van der Waals surface area contributed by atoms with Gasteiger partial charge in [0.05, 0.1) is 12.5 Å². The van der Waals surface area contributed by atoms with Crippen LogP contribution in [0, 0.1) is 5.92 Å². The standard InChI is InChI=1S/C5H11NO2.ClH/c1-4(2-3-6)5(7)8;/h4H,2-3,6H2,1H3,(H,7,8);1H. The molecule has 1 unspecified atom stereocenters. The molecule has 9 heavy (non-hydrogen) atoms. The van der Waals surface area contributed by atoms with Crippen molar-refractivity contribution in [2.24, 2.45) is 5.92 Å². The van der Waals surface area contributed by atoms with Gasteiger partial charge in [-0.1, -0.05) is 6.92 Å². The van der Waals surface area contributed by atoms with Crippen LogP contribution in [-0.4, -0.2) is 17.6 Å². The van der Waals surface area contributed by atoms with E-state index in [9.17, 15) is 4.79 Å². The summed E-state index contributed by atoms with van der Waals surface area (Å²) >= 11 is 0. The number of carboxylic acid groups (broad SMARTS) is 1. The van der Waals surface area contributed by atoms with Gasteiger partial charge in [0.15, 0.2) is 0 Å². The summed E-state index contributed by atoms with van der Waals surface area (Å²) in [7, 11) is 0. The van der Waals surface area contributed by atoms with Gasteiger partial charge in [0.25, 0.3) is 0 Å². The Hall–Kier alpha value is -0.280. The van der Waals surface area contributed by atoms with Crippen LogP contribution in [-0.2, 0) is 4.79 Å². The maximum atomic E-state index is 10.1. The van der Waals surface area contributed by atoms with Crippen LogP contribution < -0.4 is 18.1 Å². The zero-order valence-electron chi connectivity index (χ0n) is 5.43. The van der Waals surface area contributed by atoms with Gasteiger partial charge < -0.3 is 23.2 Å². The summed E-state index contributed by atoms with van der Waals surface area (Å²) in [5.74, 6) is -0.957. The smallest absolute Gasteiger partial charge is 0.306 e. The molecule has 0 aliphatic carbocycles. The Kier molecular flexibility index (Phi) is 7.48. The van der Waals surface area contributed by atoms with Crippen molar-refractivity contribution in [1.29, 1.82) is 0 Å². The van der Waals surface area contributed by atoms with E-state index in [-0.39, 0.29) is 18.3 Å². The predicted octanol–water partition coefficient (Wildman–Crippen LogP) is -3.66. The predicted molar refractivity (Wildman–Crippen MR) is 29.2 cm³/mol. The van der Waals surface area contributed by atoms with E-state index in [1.807, 2.05) is 0 Å². The van der Waals surface area contributed by atoms with Crippen molar-refractivity contribution in [3.63, 3.8) is 0 Å². The van der Waals surface area contributed by atoms with Crippen molar-refractivity contribution >= 4 is 5.97 Å². The highest BCUT2D eigenvalue weighted by molar-refractivity contribution is 5.69. The van der Waals surface area contributed by atoms with E-state index >= 15 is 0 Å². The zero-order valence-corrected chi connectivity index (χ0v) is 6.19. The fourth-order valence-corrected chi connectivity index (χ4v) is 0.430. The second-order valence-electron chi connectivity index (χ2n) is 1.88. The first-order chi connectivity index (χ1) is 3.68. The summed E-state index contributed by atoms with van der Waals surface area (Å²) in [6.07, 6.45) is 0.676. The molecule has 0 rings (SSSR count). The minimum absolute atomic E-state index is 0. The Labute approximate surface area is 60.6 Å². The Morgan fingerprint density at radius 2 is 2.22 bits per heavy atom. The monoisotopic (exact) mass is 153 g/mol. The second-order valence-corrected chi connectivity index (χ2v) is 1.88. The van der Waals surface area contributed by atoms with Gasteiger partial charge in [0, 0.05) is 6.42 Å². The van der Waals surface area contributed by atoms with E-state index in [1.54, 1.807) is 6.92 Å². The second kappa shape index (κ2) is 5.85. The molecule has 0 aliphatic heterocycles. The normalized spacial score (nSPS) is 11.8. The van der Waals surface area contributed by atoms with Gasteiger partial charge in [-0.3, -0.25) is 4.79 Å². The Morgan fingerprint density at radius 1 is 1.78 bits per heavy atom. The average Bonchev–Trinajstić information content (AvgIpc) is 1.67. The SMILES string of the molecule is CC(CC[NH3+])C(=O)O.[Cl-]. The first-order valence-electron chi connectivity index (χ1n) is 2.70. The lowest BCUT2D eigenvalue weighted by molar-refractivity contribution is -0.369. The van der Waals surface area contributed by atoms with Crippen LogP contribution in [0.15, 0.2) is 0 Å². The number of rotatable bonds is 3. The third-order valence-corrected chi connectivity index (χ3v) is 1.06. The number of quaternary nitrogens is 1. The number of aliphatic carboxylic acids is 1. The average molecular weight is 154 g/mol. The third kappa shape index (κ3) is 5.59. The Morgan fingerprint density at radius 3 is 2.33 bits per heavy atom. The van der Waals surface area contributed by atoms with Crippen molar-refractivity contribution < 1.29 is 28.0 Å². The van der Waals surface area contributed by atoms with Crippen LogP contribution >= 0.6 is 0 Å². The molecule has 56 valence electrons. The van der Waals surface area contributed by atoms with Gasteiger partial charge in [0.2, 0.25) is 0 Å². The van der Waals surface area contributed by atoms with E-state index in [4.69, 9.17) is 5.11 Å². The minimum atomic E-state index is -0.728. The molecule has 0 aromatic heterocycles. The zero-order chi connectivity index (χ0) is 6.57. The van der Waals surface area contributed by atoms with Gasteiger partial charge in [-0.2, -0.15) is 0 Å². The summed E-state index contributed by atoms with van der Waals surface area (Å²) in [5.41, 5.74) is 3.54. The maximum absolute atomic E-state index is 10.1. The molecule has 4 heteroatoms. The van der Waals surface area contributed by atoms with Crippen LogP contribution in [0.5, 0.6) is 0 Å². The quantitative estimate of drug-likeness (QED) is 0.439. The molecule has 0 amide bonds. The molecule has 0 fully saturated rings. The molecular formula is C5H12ClNO2. The molecule has 1 atom stereocenters. The van der Waals surface area contributed by atoms with Gasteiger partial charge in [-0.25, -0.2) is 0 Å². The molecule has 4 N–H and O–H groups in total. The molecule has 0 aromatic rings. The molecule has 0 aromatic carbocycles. The first kappa shape index (κ1) is 11.5. The van der Waals surface area contributed by atoms with E-state index in [0.29, 0.717) is 13.0 Å². The van der Waals surface area contributed by atoms with E-state index in [0.717, 1.165) is 0 Å². The maximum Gasteiger partial charge on any atom is 0.306 e. The minimum Gasteiger partial charge on any atom is -1.00 e. The van der Waals surface area contributed by atoms with Crippen molar-refractivity contribution in [1.82, 2.24) is 0 Å². The number of carbonyl (C=O) groups is 1. The van der Waals surface area contributed by atoms with E-state index < -0.39 is 5.97 Å². The summed E-state index contributed by atoms with van der Waals surface area (Å²) in [6.45, 7) is 2.39. The molecular weight excluding hydrogens is 142 g/mol. The van der Waals surface area contributed by atoms with Crippen molar-refractivity contribution in [3.8, 4) is 0 Å². The molecule has 0 saturated carbocycles. The summed E-state index contributed by atoms with van der Waals surface area (Å²) in [6, 6.07) is 0. The number of halogens is 1. The molecule has 0 saturated heterocycles. The first-order valence-corrected chi connectivity index (χ1v) is 2.70. The van der Waals surface area contributed by atoms with Crippen molar-refractivity contribution in [3.05, 3.63) is 0 Å². The Balaban J connectivity index is 0. The van der Waals surface area contributed by atoms with Crippen LogP contribution in [0.3, 0.4) is 0 Å². The lowest BCUT2D eigenvalue weighted by Gasteiger charge is -1.98. The number of hydrogen-bond donors (Lipinski definition) is 2. The highest BCUT2D eigenvalue weighted by Crippen LogP contribution is 1.97. The van der Waals surface area contributed by atoms with Crippen molar-refractivity contribution in [2.45, 2.75) is 13.3 Å². The van der Waals surface area contributed by atoms with Crippen molar-refractivity contribution in [2.75, 3.05) is 6.54 Å². The van der Waals surface area contributed by atoms with Gasteiger partial charge in [-0.15, -0.1) is 0 Å². The van der Waals surface area contributed by atoms with Crippen LogP contribution in [0.1, 0.15) is 13.3 Å². The molecule has 0 bridgehead atoms. The van der Waals surface area contributed by atoms with E-state index in [2.05, 4.69) is 5.73 Å². The lowest BCUT2D eigenvalue weighted by Crippen LogP contribution is -3.00. The molecule has 3 nitrogen and oxygen atoms in total. The van der Waals surface area contributed by atoms with Crippen LogP contribution in [0.25, 0.3) is 0 Å². The molecule has 0 heterocycles. The van der Waals surface area contributed by atoms with Crippen LogP contribution in [0.4, 0.5) is 0 Å². The highest BCUT2D eigenvalue weighted by Gasteiger charge is 2.08.